The number of fused-ring (bicyclic) bond motifs is 1. The summed E-state index contributed by atoms with van der Waals surface area (Å²) >= 11 is 0. The average Bonchev–Trinajstić information content (AvgIpc) is 2.57. The standard InChI is InChI=1S/C18H22O5/c1-4-15(19)12(3)18(21)11(2)10-22-14-7-5-13-6-8-17(20)23-16(13)9-14/h5-9,11-12,18,21H,4,10H2,1-3H3/t11-,12-,18+/m1/s1. The molecule has 2 rings (SSSR count). The Hall–Kier alpha value is -2.14. The second kappa shape index (κ2) is 7.42. The highest BCUT2D eigenvalue weighted by molar-refractivity contribution is 5.80. The average molecular weight is 318 g/mol. The fourth-order valence-electron chi connectivity index (χ4n) is 2.46. The molecule has 0 amide bonds. The molecule has 0 saturated heterocycles. The van der Waals surface area contributed by atoms with Gasteiger partial charge in [-0.25, -0.2) is 4.79 Å². The maximum atomic E-state index is 11.7. The summed E-state index contributed by atoms with van der Waals surface area (Å²) in [7, 11) is 0. The first-order valence-corrected chi connectivity index (χ1v) is 7.80. The molecule has 5 heteroatoms. The van der Waals surface area contributed by atoms with Crippen LogP contribution in [0.1, 0.15) is 27.2 Å². The van der Waals surface area contributed by atoms with Crippen molar-refractivity contribution >= 4 is 16.8 Å². The highest BCUT2D eigenvalue weighted by atomic mass is 16.5. The fraction of sp³-hybridized carbons (Fsp3) is 0.444. The number of carbonyl (C=O) groups excluding carboxylic acids is 1. The highest BCUT2D eigenvalue weighted by Crippen LogP contribution is 2.21. The molecule has 0 fully saturated rings. The largest absolute Gasteiger partial charge is 0.493 e. The number of carbonyl (C=O) groups is 1. The smallest absolute Gasteiger partial charge is 0.336 e. The third kappa shape index (κ3) is 4.20. The van der Waals surface area contributed by atoms with E-state index >= 15 is 0 Å². The second-order valence-electron chi connectivity index (χ2n) is 5.84. The van der Waals surface area contributed by atoms with Crippen molar-refractivity contribution in [3.63, 3.8) is 0 Å². The summed E-state index contributed by atoms with van der Waals surface area (Å²) in [6, 6.07) is 8.29. The zero-order valence-corrected chi connectivity index (χ0v) is 13.6. The molecule has 3 atom stereocenters. The minimum Gasteiger partial charge on any atom is -0.493 e. The van der Waals surface area contributed by atoms with Crippen LogP contribution in [0.25, 0.3) is 11.0 Å². The van der Waals surface area contributed by atoms with Crippen LogP contribution in [0.2, 0.25) is 0 Å². The summed E-state index contributed by atoms with van der Waals surface area (Å²) in [4.78, 5) is 22.9. The van der Waals surface area contributed by atoms with Crippen LogP contribution < -0.4 is 10.4 Å². The Morgan fingerprint density at radius 1 is 1.26 bits per heavy atom. The number of hydrogen-bond donors (Lipinski definition) is 1. The van der Waals surface area contributed by atoms with E-state index in [9.17, 15) is 14.7 Å². The van der Waals surface area contributed by atoms with Crippen LogP contribution in [0, 0.1) is 11.8 Å². The number of aliphatic hydroxyl groups excluding tert-OH is 1. The molecule has 1 N–H and O–H groups in total. The molecule has 2 aromatic rings. The van der Waals surface area contributed by atoms with Crippen LogP contribution in [0.15, 0.2) is 39.5 Å². The van der Waals surface area contributed by atoms with E-state index in [1.165, 1.54) is 6.07 Å². The van der Waals surface area contributed by atoms with Crippen LogP contribution in [0.5, 0.6) is 5.75 Å². The number of aliphatic hydroxyl groups is 1. The van der Waals surface area contributed by atoms with Crippen molar-refractivity contribution in [2.75, 3.05) is 6.61 Å². The molecule has 1 aromatic carbocycles. The van der Waals surface area contributed by atoms with Gasteiger partial charge in [0.1, 0.15) is 17.1 Å². The molecule has 5 nitrogen and oxygen atoms in total. The summed E-state index contributed by atoms with van der Waals surface area (Å²) in [5.41, 5.74) is 0.0445. The normalized spacial score (nSPS) is 15.1. The van der Waals surface area contributed by atoms with E-state index in [0.29, 0.717) is 17.8 Å². The van der Waals surface area contributed by atoms with E-state index in [1.54, 1.807) is 38.1 Å². The summed E-state index contributed by atoms with van der Waals surface area (Å²) < 4.78 is 10.8. The molecule has 0 aliphatic carbocycles. The number of ketones is 1. The molecule has 1 heterocycles. The Morgan fingerprint density at radius 3 is 2.65 bits per heavy atom. The molecular weight excluding hydrogens is 296 g/mol. The van der Waals surface area contributed by atoms with E-state index in [0.717, 1.165) is 5.39 Å². The van der Waals surface area contributed by atoms with Gasteiger partial charge in [0.05, 0.1) is 12.7 Å². The Morgan fingerprint density at radius 2 is 1.96 bits per heavy atom. The van der Waals surface area contributed by atoms with Crippen molar-refractivity contribution in [2.45, 2.75) is 33.3 Å². The predicted molar refractivity (Wildman–Crippen MR) is 87.6 cm³/mol. The molecule has 0 aliphatic rings. The van der Waals surface area contributed by atoms with Gasteiger partial charge in [0, 0.05) is 35.8 Å². The van der Waals surface area contributed by atoms with Crippen molar-refractivity contribution in [1.29, 1.82) is 0 Å². The summed E-state index contributed by atoms with van der Waals surface area (Å²) in [6.07, 6.45) is -0.337. The quantitative estimate of drug-likeness (QED) is 0.794. The monoisotopic (exact) mass is 318 g/mol. The molecule has 0 aliphatic heterocycles. The van der Waals surface area contributed by atoms with Gasteiger partial charge in [0.15, 0.2) is 0 Å². The first-order valence-electron chi connectivity index (χ1n) is 7.80. The van der Waals surface area contributed by atoms with Gasteiger partial charge in [-0.2, -0.15) is 0 Å². The molecule has 0 saturated carbocycles. The molecule has 0 radical (unpaired) electrons. The summed E-state index contributed by atoms with van der Waals surface area (Å²) in [6.45, 7) is 5.63. The zero-order valence-electron chi connectivity index (χ0n) is 13.6. The SMILES string of the molecule is CCC(=O)[C@@H](C)[C@@H](O)[C@H](C)COc1ccc2ccc(=O)oc2c1. The van der Waals surface area contributed by atoms with E-state index in [4.69, 9.17) is 9.15 Å². The molecular formula is C18H22O5. The van der Waals surface area contributed by atoms with Crippen LogP contribution >= 0.6 is 0 Å². The Labute approximate surface area is 134 Å². The van der Waals surface area contributed by atoms with Gasteiger partial charge in [-0.15, -0.1) is 0 Å². The number of hydrogen-bond acceptors (Lipinski definition) is 5. The third-order valence-corrected chi connectivity index (χ3v) is 4.06. The lowest BCUT2D eigenvalue weighted by atomic mass is 9.90. The number of rotatable bonds is 7. The Balaban J connectivity index is 2.02. The molecule has 0 bridgehead atoms. The van der Waals surface area contributed by atoms with E-state index in [2.05, 4.69) is 0 Å². The van der Waals surface area contributed by atoms with E-state index < -0.39 is 17.6 Å². The maximum absolute atomic E-state index is 11.7. The maximum Gasteiger partial charge on any atom is 0.336 e. The lowest BCUT2D eigenvalue weighted by molar-refractivity contribution is -0.126. The topological polar surface area (TPSA) is 76.7 Å². The van der Waals surface area contributed by atoms with Gasteiger partial charge in [-0.05, 0) is 18.2 Å². The van der Waals surface area contributed by atoms with Gasteiger partial charge < -0.3 is 14.3 Å². The Bertz CT molecular complexity index is 734. The number of ether oxygens (including phenoxy) is 1. The summed E-state index contributed by atoms with van der Waals surface area (Å²) in [5, 5.41) is 11.0. The number of Topliss-reactive ketones (excluding diaryl/α,β-unsaturated/α-hetero) is 1. The van der Waals surface area contributed by atoms with Crippen LogP contribution in [-0.2, 0) is 4.79 Å². The highest BCUT2D eigenvalue weighted by Gasteiger charge is 2.26. The van der Waals surface area contributed by atoms with Crippen molar-refractivity contribution in [3.8, 4) is 5.75 Å². The van der Waals surface area contributed by atoms with Crippen LogP contribution in [-0.4, -0.2) is 23.6 Å². The molecule has 124 valence electrons. The minimum absolute atomic E-state index is 0.0387. The van der Waals surface area contributed by atoms with Gasteiger partial charge in [-0.3, -0.25) is 4.79 Å². The summed E-state index contributed by atoms with van der Waals surface area (Å²) in [5.74, 6) is -0.00981. The third-order valence-electron chi connectivity index (χ3n) is 4.06. The molecule has 23 heavy (non-hydrogen) atoms. The van der Waals surface area contributed by atoms with Crippen molar-refractivity contribution in [1.82, 2.24) is 0 Å². The first kappa shape index (κ1) is 17.2. The number of benzene rings is 1. The van der Waals surface area contributed by atoms with Crippen LogP contribution in [0.3, 0.4) is 0 Å². The fourth-order valence-corrected chi connectivity index (χ4v) is 2.46. The zero-order chi connectivity index (χ0) is 17.0. The van der Waals surface area contributed by atoms with Crippen molar-refractivity contribution < 1.29 is 19.1 Å². The van der Waals surface area contributed by atoms with Gasteiger partial charge in [0.25, 0.3) is 0 Å². The van der Waals surface area contributed by atoms with Crippen molar-refractivity contribution in [3.05, 3.63) is 40.8 Å². The molecule has 0 unspecified atom stereocenters. The van der Waals surface area contributed by atoms with Crippen molar-refractivity contribution in [2.24, 2.45) is 11.8 Å². The van der Waals surface area contributed by atoms with Gasteiger partial charge >= 0.3 is 5.63 Å². The van der Waals surface area contributed by atoms with Gasteiger partial charge in [0.2, 0.25) is 0 Å². The van der Waals surface area contributed by atoms with E-state index in [-0.39, 0.29) is 18.3 Å². The first-order chi connectivity index (χ1) is 10.9. The van der Waals surface area contributed by atoms with Gasteiger partial charge in [-0.1, -0.05) is 20.8 Å². The van der Waals surface area contributed by atoms with E-state index in [1.807, 2.05) is 6.92 Å². The van der Waals surface area contributed by atoms with Crippen LogP contribution in [0.4, 0.5) is 0 Å². The predicted octanol–water partition coefficient (Wildman–Crippen LogP) is 2.78. The lowest BCUT2D eigenvalue weighted by Gasteiger charge is -2.23. The minimum atomic E-state index is -0.749. The molecule has 0 spiro atoms. The molecule has 1 aromatic heterocycles. The lowest BCUT2D eigenvalue weighted by Crippen LogP contribution is -2.34. The Kier molecular flexibility index (Phi) is 5.55. The second-order valence-corrected chi connectivity index (χ2v) is 5.84.